The molecule has 0 bridgehead atoms. The molecule has 1 amide bonds. The Labute approximate surface area is 188 Å². The molecule has 1 aliphatic heterocycles. The van der Waals surface area contributed by atoms with Gasteiger partial charge in [-0.1, -0.05) is 41.9 Å². The number of carbonyl (C=O) groups is 1. The second-order valence-corrected chi connectivity index (χ2v) is 8.40. The van der Waals surface area contributed by atoms with Crippen LogP contribution in [0.4, 0.5) is 11.5 Å². The molecule has 3 aromatic rings. The molecule has 0 unspecified atom stereocenters. The van der Waals surface area contributed by atoms with Crippen LogP contribution in [0.5, 0.6) is 0 Å². The fourth-order valence-corrected chi connectivity index (χ4v) is 4.16. The van der Waals surface area contributed by atoms with Gasteiger partial charge in [-0.3, -0.25) is 9.69 Å². The smallest absolute Gasteiger partial charge is 0.239 e. The topological polar surface area (TPSA) is 53.4 Å². The van der Waals surface area contributed by atoms with Crippen molar-refractivity contribution in [3.8, 4) is 0 Å². The Bertz CT molecular complexity index is 1060. The Morgan fingerprint density at radius 3 is 2.58 bits per heavy atom. The normalized spacial score (nSPS) is 14.6. The number of piperazine rings is 1. The van der Waals surface area contributed by atoms with Crippen LogP contribution in [0.3, 0.4) is 0 Å². The molecule has 0 spiro atoms. The molecule has 2 aromatic carbocycles. The fraction of sp³-hybridized carbons (Fsp3) is 0.333. The molecular weight excluding hydrogens is 410 g/mol. The third kappa shape index (κ3) is 5.09. The summed E-state index contributed by atoms with van der Waals surface area (Å²) < 4.78 is 1.76. The van der Waals surface area contributed by atoms with Crippen molar-refractivity contribution >= 4 is 29.0 Å². The lowest BCUT2D eigenvalue weighted by Gasteiger charge is -2.36. The average Bonchev–Trinajstić information content (AvgIpc) is 3.19. The minimum atomic E-state index is -0.0268. The fourth-order valence-electron chi connectivity index (χ4n) is 3.96. The monoisotopic (exact) mass is 437 g/mol. The van der Waals surface area contributed by atoms with Crippen molar-refractivity contribution in [2.75, 3.05) is 42.9 Å². The van der Waals surface area contributed by atoms with Crippen LogP contribution < -0.4 is 10.2 Å². The second-order valence-electron chi connectivity index (χ2n) is 8.00. The first-order valence-electron chi connectivity index (χ1n) is 10.6. The molecule has 162 valence electrons. The van der Waals surface area contributed by atoms with E-state index < -0.39 is 0 Å². The number of nitrogens with one attached hydrogen (secondary N) is 1. The highest BCUT2D eigenvalue weighted by Gasteiger charge is 2.21. The maximum absolute atomic E-state index is 12.7. The standard InChI is InChI=1S/C24H28ClN5O/c1-18-6-5-9-22(19(18)2)29-14-12-28(13-15-29)17-24(31)27-23-10-11-26-30(23)16-20-7-3-4-8-21(20)25/h3-11H,12-17H2,1-2H3,(H,27,31). The van der Waals surface area contributed by atoms with Gasteiger partial charge in [-0.15, -0.1) is 0 Å². The number of aryl methyl sites for hydroxylation is 1. The Balaban J connectivity index is 1.31. The van der Waals surface area contributed by atoms with Crippen molar-refractivity contribution in [1.29, 1.82) is 0 Å². The number of hydrogen-bond acceptors (Lipinski definition) is 4. The Morgan fingerprint density at radius 2 is 1.81 bits per heavy atom. The van der Waals surface area contributed by atoms with E-state index in [9.17, 15) is 4.79 Å². The van der Waals surface area contributed by atoms with Crippen molar-refractivity contribution in [1.82, 2.24) is 14.7 Å². The molecule has 4 rings (SSSR count). The lowest BCUT2D eigenvalue weighted by Crippen LogP contribution is -2.49. The number of benzene rings is 2. The lowest BCUT2D eigenvalue weighted by molar-refractivity contribution is -0.117. The third-order valence-electron chi connectivity index (χ3n) is 5.92. The maximum Gasteiger partial charge on any atom is 0.239 e. The summed E-state index contributed by atoms with van der Waals surface area (Å²) in [5, 5.41) is 8.03. The average molecular weight is 438 g/mol. The van der Waals surface area contributed by atoms with E-state index >= 15 is 0 Å². The summed E-state index contributed by atoms with van der Waals surface area (Å²) in [7, 11) is 0. The molecule has 0 saturated carbocycles. The van der Waals surface area contributed by atoms with Gasteiger partial charge in [0.05, 0.1) is 19.3 Å². The van der Waals surface area contributed by atoms with Crippen molar-refractivity contribution in [2.24, 2.45) is 0 Å². The second kappa shape index (κ2) is 9.54. The van der Waals surface area contributed by atoms with Gasteiger partial charge in [0.1, 0.15) is 5.82 Å². The number of hydrogen-bond donors (Lipinski definition) is 1. The van der Waals surface area contributed by atoms with Crippen LogP contribution in [-0.4, -0.2) is 53.3 Å². The van der Waals surface area contributed by atoms with Gasteiger partial charge < -0.3 is 10.2 Å². The zero-order valence-corrected chi connectivity index (χ0v) is 18.8. The van der Waals surface area contributed by atoms with E-state index in [1.54, 1.807) is 10.9 Å². The van der Waals surface area contributed by atoms with E-state index in [0.717, 1.165) is 31.7 Å². The zero-order chi connectivity index (χ0) is 21.8. The molecule has 31 heavy (non-hydrogen) atoms. The van der Waals surface area contributed by atoms with Gasteiger partial charge >= 0.3 is 0 Å². The Morgan fingerprint density at radius 1 is 1.03 bits per heavy atom. The molecule has 6 nitrogen and oxygen atoms in total. The van der Waals surface area contributed by atoms with Gasteiger partial charge in [0.2, 0.25) is 5.91 Å². The molecule has 0 aliphatic carbocycles. The number of aromatic nitrogens is 2. The van der Waals surface area contributed by atoms with Gasteiger partial charge in [0.25, 0.3) is 0 Å². The van der Waals surface area contributed by atoms with Crippen molar-refractivity contribution in [3.63, 3.8) is 0 Å². The highest BCUT2D eigenvalue weighted by atomic mass is 35.5. The highest BCUT2D eigenvalue weighted by molar-refractivity contribution is 6.31. The highest BCUT2D eigenvalue weighted by Crippen LogP contribution is 2.24. The molecule has 1 N–H and O–H groups in total. The van der Waals surface area contributed by atoms with Gasteiger partial charge in [0, 0.05) is 43.0 Å². The maximum atomic E-state index is 12.7. The van der Waals surface area contributed by atoms with Gasteiger partial charge in [-0.25, -0.2) is 4.68 Å². The summed E-state index contributed by atoms with van der Waals surface area (Å²) in [6.07, 6.45) is 1.69. The number of rotatable bonds is 6. The summed E-state index contributed by atoms with van der Waals surface area (Å²) >= 11 is 6.26. The van der Waals surface area contributed by atoms with Crippen LogP contribution >= 0.6 is 11.6 Å². The van der Waals surface area contributed by atoms with Crippen LogP contribution in [0.25, 0.3) is 0 Å². The summed E-state index contributed by atoms with van der Waals surface area (Å²) in [6, 6.07) is 15.9. The number of nitrogens with zero attached hydrogens (tertiary/aromatic N) is 4. The van der Waals surface area contributed by atoms with E-state index in [1.165, 1.54) is 16.8 Å². The van der Waals surface area contributed by atoms with Crippen LogP contribution in [0, 0.1) is 13.8 Å². The molecule has 0 atom stereocenters. The van der Waals surface area contributed by atoms with Crippen LogP contribution in [0.15, 0.2) is 54.7 Å². The molecule has 7 heteroatoms. The van der Waals surface area contributed by atoms with E-state index in [4.69, 9.17) is 11.6 Å². The largest absolute Gasteiger partial charge is 0.369 e. The van der Waals surface area contributed by atoms with E-state index in [2.05, 4.69) is 52.3 Å². The van der Waals surface area contributed by atoms with Crippen molar-refractivity contribution in [2.45, 2.75) is 20.4 Å². The predicted molar refractivity (Wildman–Crippen MR) is 126 cm³/mol. The Hall–Kier alpha value is -2.83. The van der Waals surface area contributed by atoms with E-state index in [-0.39, 0.29) is 5.91 Å². The lowest BCUT2D eigenvalue weighted by atomic mass is 10.1. The molecule has 1 aromatic heterocycles. The number of anilines is 2. The van der Waals surface area contributed by atoms with Crippen LogP contribution in [0.1, 0.15) is 16.7 Å². The van der Waals surface area contributed by atoms with Gasteiger partial charge in [-0.2, -0.15) is 5.10 Å². The number of amides is 1. The summed E-state index contributed by atoms with van der Waals surface area (Å²) in [5.74, 6) is 0.653. The van der Waals surface area contributed by atoms with Crippen molar-refractivity contribution < 1.29 is 4.79 Å². The van der Waals surface area contributed by atoms with E-state index in [1.807, 2.05) is 30.3 Å². The predicted octanol–water partition coefficient (Wildman–Crippen LogP) is 3.96. The zero-order valence-electron chi connectivity index (χ0n) is 18.0. The molecule has 1 saturated heterocycles. The number of halogens is 1. The van der Waals surface area contributed by atoms with Crippen molar-refractivity contribution in [3.05, 3.63) is 76.4 Å². The first-order chi connectivity index (χ1) is 15.0. The first kappa shape index (κ1) is 21.4. The summed E-state index contributed by atoms with van der Waals surface area (Å²) in [5.41, 5.74) is 4.91. The summed E-state index contributed by atoms with van der Waals surface area (Å²) in [6.45, 7) is 8.77. The molecule has 1 fully saturated rings. The quantitative estimate of drug-likeness (QED) is 0.634. The third-order valence-corrected chi connectivity index (χ3v) is 6.29. The minimum Gasteiger partial charge on any atom is -0.369 e. The minimum absolute atomic E-state index is 0.0268. The molecular formula is C24H28ClN5O. The van der Waals surface area contributed by atoms with Crippen LogP contribution in [-0.2, 0) is 11.3 Å². The molecule has 0 radical (unpaired) electrons. The van der Waals surface area contributed by atoms with E-state index in [0.29, 0.717) is 23.9 Å². The molecule has 1 aliphatic rings. The van der Waals surface area contributed by atoms with Crippen LogP contribution in [0.2, 0.25) is 5.02 Å². The van der Waals surface area contributed by atoms with Gasteiger partial charge in [0.15, 0.2) is 0 Å². The first-order valence-corrected chi connectivity index (χ1v) is 11.0. The Kier molecular flexibility index (Phi) is 6.59. The van der Waals surface area contributed by atoms with Gasteiger partial charge in [-0.05, 0) is 42.7 Å². The summed E-state index contributed by atoms with van der Waals surface area (Å²) in [4.78, 5) is 17.3. The molecule has 2 heterocycles. The number of carbonyl (C=O) groups excluding carboxylic acids is 1. The SMILES string of the molecule is Cc1cccc(N2CCN(CC(=O)Nc3ccnn3Cc3ccccc3Cl)CC2)c1C.